The molecule has 12 heavy (non-hydrogen) atoms. The molecule has 0 aliphatic carbocycles. The standard InChI is InChI=1S/C9H6ClS2/c10-8-3-1-7(2-4-8)9-5-6-11-12-9/h1-6H/q+1. The smallest absolute Gasteiger partial charge is 0.0843 e. The lowest BCUT2D eigenvalue weighted by Crippen LogP contribution is -1.69. The normalized spacial score (nSPS) is 10.1. The molecule has 0 saturated carbocycles. The van der Waals surface area contributed by atoms with Gasteiger partial charge in [-0.2, -0.15) is 0 Å². The average Bonchev–Trinajstić information content (AvgIpc) is 2.58. The lowest BCUT2D eigenvalue weighted by Gasteiger charge is -1.92. The third-order valence-electron chi connectivity index (χ3n) is 1.54. The van der Waals surface area contributed by atoms with Crippen LogP contribution in [0.15, 0.2) is 35.7 Å². The van der Waals surface area contributed by atoms with Gasteiger partial charge in [-0.3, -0.25) is 0 Å². The van der Waals surface area contributed by atoms with Gasteiger partial charge in [0, 0.05) is 11.1 Å². The highest BCUT2D eigenvalue weighted by molar-refractivity contribution is 7.70. The van der Waals surface area contributed by atoms with Crippen molar-refractivity contribution in [3.05, 3.63) is 40.7 Å². The Kier molecular flexibility index (Phi) is 2.40. The lowest BCUT2D eigenvalue weighted by molar-refractivity contribution is 1.70. The van der Waals surface area contributed by atoms with Gasteiger partial charge in [-0.05, 0) is 17.7 Å². The summed E-state index contributed by atoms with van der Waals surface area (Å²) in [5.74, 6) is 0. The second-order valence-electron chi connectivity index (χ2n) is 2.35. The molecule has 0 radical (unpaired) electrons. The maximum Gasteiger partial charge on any atom is 0.292 e. The van der Waals surface area contributed by atoms with E-state index < -0.39 is 0 Å². The molecule has 3 heteroatoms. The Balaban J connectivity index is 2.43. The number of hydrogen-bond acceptors (Lipinski definition) is 1. The van der Waals surface area contributed by atoms with Gasteiger partial charge < -0.3 is 0 Å². The van der Waals surface area contributed by atoms with E-state index in [-0.39, 0.29) is 0 Å². The third kappa shape index (κ3) is 1.66. The average molecular weight is 214 g/mol. The Bertz CT molecular complexity index is 351. The van der Waals surface area contributed by atoms with E-state index in [2.05, 4.69) is 11.4 Å². The van der Waals surface area contributed by atoms with E-state index in [1.54, 1.807) is 20.7 Å². The largest absolute Gasteiger partial charge is 0.292 e. The summed E-state index contributed by atoms with van der Waals surface area (Å²) in [5.41, 5.74) is 1.24. The zero-order valence-electron chi connectivity index (χ0n) is 6.16. The Hall–Kier alpha value is -0.440. The molecule has 0 saturated heterocycles. The van der Waals surface area contributed by atoms with E-state index in [9.17, 15) is 0 Å². The molecule has 0 atom stereocenters. The molecule has 60 valence electrons. The van der Waals surface area contributed by atoms with Gasteiger partial charge in [0.2, 0.25) is 5.38 Å². The maximum absolute atomic E-state index is 5.78. The Morgan fingerprint density at radius 1 is 1.08 bits per heavy atom. The van der Waals surface area contributed by atoms with E-state index in [1.807, 2.05) is 24.3 Å². The minimum Gasteiger partial charge on any atom is -0.0843 e. The fourth-order valence-corrected chi connectivity index (χ4v) is 2.97. The van der Waals surface area contributed by atoms with Crippen LogP contribution in [0.1, 0.15) is 0 Å². The first-order valence-electron chi connectivity index (χ1n) is 3.49. The number of hydrogen-bond donors (Lipinski definition) is 0. The molecule has 2 rings (SSSR count). The first-order valence-corrected chi connectivity index (χ1v) is 6.08. The molecular formula is C9H6ClS2+. The summed E-state index contributed by atoms with van der Waals surface area (Å²) < 4.78 is 0. The monoisotopic (exact) mass is 213 g/mol. The van der Waals surface area contributed by atoms with Crippen molar-refractivity contribution in [2.75, 3.05) is 0 Å². The highest BCUT2D eigenvalue weighted by Gasteiger charge is 2.04. The first-order chi connectivity index (χ1) is 5.86. The predicted molar refractivity (Wildman–Crippen MR) is 57.0 cm³/mol. The number of rotatable bonds is 1. The summed E-state index contributed by atoms with van der Waals surface area (Å²) in [4.78, 5) is 1.30. The summed E-state index contributed by atoms with van der Waals surface area (Å²) in [6.07, 6.45) is 0. The summed E-state index contributed by atoms with van der Waals surface area (Å²) in [7, 11) is 3.53. The van der Waals surface area contributed by atoms with Crippen LogP contribution >= 0.6 is 32.3 Å². The molecule has 0 nitrogen and oxygen atoms in total. The molecule has 1 aromatic carbocycles. The Morgan fingerprint density at radius 2 is 1.83 bits per heavy atom. The highest BCUT2D eigenvalue weighted by atomic mass is 35.5. The second-order valence-corrected chi connectivity index (χ2v) is 4.94. The molecular weight excluding hydrogens is 208 g/mol. The van der Waals surface area contributed by atoms with E-state index in [0.717, 1.165) is 5.02 Å². The SMILES string of the molecule is Clc1ccc(-c2cc[s+]s2)cc1. The number of halogens is 1. The van der Waals surface area contributed by atoms with Gasteiger partial charge in [-0.25, -0.2) is 0 Å². The summed E-state index contributed by atoms with van der Waals surface area (Å²) in [6, 6.07) is 10.0. The van der Waals surface area contributed by atoms with E-state index >= 15 is 0 Å². The minimum atomic E-state index is 0.791. The van der Waals surface area contributed by atoms with Crippen molar-refractivity contribution in [1.29, 1.82) is 0 Å². The van der Waals surface area contributed by atoms with Crippen LogP contribution in [0.2, 0.25) is 5.02 Å². The van der Waals surface area contributed by atoms with Crippen molar-refractivity contribution in [2.45, 2.75) is 0 Å². The Morgan fingerprint density at radius 3 is 2.42 bits per heavy atom. The van der Waals surface area contributed by atoms with E-state index in [4.69, 9.17) is 11.6 Å². The topological polar surface area (TPSA) is 0 Å². The van der Waals surface area contributed by atoms with Crippen molar-refractivity contribution < 1.29 is 0 Å². The summed E-state index contributed by atoms with van der Waals surface area (Å²) >= 11 is 5.78. The van der Waals surface area contributed by atoms with Crippen molar-refractivity contribution >= 4 is 32.3 Å². The fraction of sp³-hybridized carbons (Fsp3) is 0. The van der Waals surface area contributed by atoms with Crippen LogP contribution in [-0.4, -0.2) is 0 Å². The summed E-state index contributed by atoms with van der Waals surface area (Å²) in [5, 5.41) is 2.88. The van der Waals surface area contributed by atoms with Gasteiger partial charge in [0.25, 0.3) is 10.3 Å². The molecule has 0 unspecified atom stereocenters. The van der Waals surface area contributed by atoms with E-state index in [1.165, 1.54) is 10.4 Å². The predicted octanol–water partition coefficient (Wildman–Crippen LogP) is 4.41. The van der Waals surface area contributed by atoms with Crippen molar-refractivity contribution in [2.24, 2.45) is 0 Å². The molecule has 0 N–H and O–H groups in total. The van der Waals surface area contributed by atoms with Gasteiger partial charge >= 0.3 is 0 Å². The van der Waals surface area contributed by atoms with Gasteiger partial charge in [0.1, 0.15) is 0 Å². The van der Waals surface area contributed by atoms with Gasteiger partial charge in [0.05, 0.1) is 4.88 Å². The van der Waals surface area contributed by atoms with Crippen LogP contribution in [0.5, 0.6) is 0 Å². The lowest BCUT2D eigenvalue weighted by atomic mass is 10.2. The summed E-state index contributed by atoms with van der Waals surface area (Å²) in [6.45, 7) is 0. The molecule has 0 aliphatic rings. The van der Waals surface area contributed by atoms with Crippen molar-refractivity contribution in [3.63, 3.8) is 0 Å². The van der Waals surface area contributed by atoms with Crippen LogP contribution in [0.4, 0.5) is 0 Å². The van der Waals surface area contributed by atoms with Crippen LogP contribution in [0.25, 0.3) is 10.4 Å². The van der Waals surface area contributed by atoms with Crippen LogP contribution in [0.3, 0.4) is 0 Å². The second kappa shape index (κ2) is 3.52. The van der Waals surface area contributed by atoms with Crippen LogP contribution in [0, 0.1) is 0 Å². The molecule has 2 aromatic rings. The molecule has 1 heterocycles. The molecule has 0 spiro atoms. The molecule has 1 aromatic heterocycles. The van der Waals surface area contributed by atoms with Crippen LogP contribution in [-0.2, 0) is 0 Å². The zero-order chi connectivity index (χ0) is 8.39. The van der Waals surface area contributed by atoms with Crippen molar-refractivity contribution in [1.82, 2.24) is 0 Å². The fourth-order valence-electron chi connectivity index (χ4n) is 0.955. The molecule has 0 amide bonds. The van der Waals surface area contributed by atoms with Crippen molar-refractivity contribution in [3.8, 4) is 10.4 Å². The first kappa shape index (κ1) is 8.17. The molecule has 0 aliphatic heterocycles. The molecule has 0 fully saturated rings. The van der Waals surface area contributed by atoms with Gasteiger partial charge in [-0.1, -0.05) is 23.7 Å². The van der Waals surface area contributed by atoms with E-state index in [0.29, 0.717) is 0 Å². The minimum absolute atomic E-state index is 0.791. The zero-order valence-corrected chi connectivity index (χ0v) is 8.55. The highest BCUT2D eigenvalue weighted by Crippen LogP contribution is 2.28. The van der Waals surface area contributed by atoms with Gasteiger partial charge in [0.15, 0.2) is 10.3 Å². The quantitative estimate of drug-likeness (QED) is 0.486. The van der Waals surface area contributed by atoms with Crippen LogP contribution < -0.4 is 0 Å². The van der Waals surface area contributed by atoms with Gasteiger partial charge in [-0.15, -0.1) is 0 Å². The molecule has 0 bridgehead atoms. The number of benzene rings is 1. The maximum atomic E-state index is 5.78. The Labute approximate surface area is 83.5 Å². The third-order valence-corrected chi connectivity index (χ3v) is 3.85.